The molecule has 3 rings (SSSR count). The summed E-state index contributed by atoms with van der Waals surface area (Å²) in [5.74, 6) is 0. The van der Waals surface area contributed by atoms with E-state index in [0.29, 0.717) is 16.8 Å². The number of aromatic nitrogens is 2. The van der Waals surface area contributed by atoms with Crippen molar-refractivity contribution in [3.8, 4) is 0 Å². The quantitative estimate of drug-likeness (QED) is 0.628. The van der Waals surface area contributed by atoms with E-state index in [2.05, 4.69) is 20.8 Å². The Morgan fingerprint density at radius 3 is 2.58 bits per heavy atom. The molecule has 1 aliphatic heterocycles. The number of nitrogens with one attached hydrogen (secondary N) is 4. The van der Waals surface area contributed by atoms with Gasteiger partial charge in [-0.1, -0.05) is 6.07 Å². The smallest absolute Gasteiger partial charge is 0.272 e. The second-order valence-electron chi connectivity index (χ2n) is 4.80. The van der Waals surface area contributed by atoms with Crippen LogP contribution in [-0.4, -0.2) is 29.3 Å². The number of aromatic amines is 2. The number of anilines is 1. The van der Waals surface area contributed by atoms with Crippen molar-refractivity contribution >= 4 is 16.5 Å². The first kappa shape index (κ1) is 12.0. The van der Waals surface area contributed by atoms with Crippen molar-refractivity contribution < 1.29 is 0 Å². The average molecular weight is 260 g/mol. The Hall–Kier alpha value is -2.08. The highest BCUT2D eigenvalue weighted by Gasteiger charge is 2.15. The normalized spacial score (nSPS) is 16.6. The lowest BCUT2D eigenvalue weighted by molar-refractivity contribution is 0.479. The maximum atomic E-state index is 11.9. The summed E-state index contributed by atoms with van der Waals surface area (Å²) in [6.07, 6.45) is 2.02. The molecular formula is C13H16N4O2. The lowest BCUT2D eigenvalue weighted by Gasteiger charge is -2.25. The van der Waals surface area contributed by atoms with E-state index in [0.717, 1.165) is 31.6 Å². The average Bonchev–Trinajstić information content (AvgIpc) is 2.44. The lowest BCUT2D eigenvalue weighted by atomic mass is 10.1. The predicted molar refractivity (Wildman–Crippen MR) is 74.7 cm³/mol. The maximum Gasteiger partial charge on any atom is 0.272 e. The minimum Gasteiger partial charge on any atom is -0.382 e. The number of H-pyrrole nitrogens is 2. The van der Waals surface area contributed by atoms with Crippen LogP contribution in [0.3, 0.4) is 0 Å². The van der Waals surface area contributed by atoms with Gasteiger partial charge in [-0.2, -0.15) is 0 Å². The Kier molecular flexibility index (Phi) is 3.08. The molecule has 0 bridgehead atoms. The SMILES string of the molecule is O=c1[nH][nH]c(=O)c2c(NC3CCNCC3)cccc12. The van der Waals surface area contributed by atoms with Gasteiger partial charge in [-0.3, -0.25) is 19.8 Å². The van der Waals surface area contributed by atoms with Crippen molar-refractivity contribution in [2.45, 2.75) is 18.9 Å². The van der Waals surface area contributed by atoms with Crippen LogP contribution in [0.4, 0.5) is 5.69 Å². The molecule has 1 saturated heterocycles. The summed E-state index contributed by atoms with van der Waals surface area (Å²) in [6.45, 7) is 1.94. The molecular weight excluding hydrogens is 244 g/mol. The Morgan fingerprint density at radius 2 is 1.79 bits per heavy atom. The highest BCUT2D eigenvalue weighted by atomic mass is 16.1. The number of piperidine rings is 1. The zero-order chi connectivity index (χ0) is 13.2. The van der Waals surface area contributed by atoms with E-state index in [1.165, 1.54) is 0 Å². The van der Waals surface area contributed by atoms with Crippen LogP contribution in [0.5, 0.6) is 0 Å². The number of hydrogen-bond donors (Lipinski definition) is 4. The lowest BCUT2D eigenvalue weighted by Crippen LogP contribution is -2.35. The molecule has 4 N–H and O–H groups in total. The molecule has 0 radical (unpaired) electrons. The molecule has 0 aliphatic carbocycles. The molecule has 0 amide bonds. The largest absolute Gasteiger partial charge is 0.382 e. The van der Waals surface area contributed by atoms with E-state index in [4.69, 9.17) is 0 Å². The summed E-state index contributed by atoms with van der Waals surface area (Å²) in [5, 5.41) is 12.2. The summed E-state index contributed by atoms with van der Waals surface area (Å²) < 4.78 is 0. The van der Waals surface area contributed by atoms with Gasteiger partial charge in [-0.15, -0.1) is 0 Å². The summed E-state index contributed by atoms with van der Waals surface area (Å²) in [4.78, 5) is 23.6. The minimum absolute atomic E-state index is 0.272. The second kappa shape index (κ2) is 4.89. The molecule has 1 aromatic carbocycles. The van der Waals surface area contributed by atoms with E-state index < -0.39 is 0 Å². The molecule has 0 atom stereocenters. The van der Waals surface area contributed by atoms with Gasteiger partial charge in [0, 0.05) is 11.7 Å². The van der Waals surface area contributed by atoms with Crippen LogP contribution in [0, 0.1) is 0 Å². The van der Waals surface area contributed by atoms with E-state index in [-0.39, 0.29) is 11.1 Å². The molecule has 6 heteroatoms. The van der Waals surface area contributed by atoms with Crippen molar-refractivity contribution in [1.82, 2.24) is 15.5 Å². The van der Waals surface area contributed by atoms with E-state index in [9.17, 15) is 9.59 Å². The standard InChI is InChI=1S/C13H16N4O2/c18-12-9-2-1-3-10(11(9)13(19)17-16-12)15-8-4-6-14-7-5-8/h1-3,8,14-15H,4-7H2,(H,16,18)(H,17,19). The first-order valence-corrected chi connectivity index (χ1v) is 6.46. The third kappa shape index (κ3) is 2.26. The number of rotatable bonds is 2. The van der Waals surface area contributed by atoms with Crippen LogP contribution in [0.2, 0.25) is 0 Å². The van der Waals surface area contributed by atoms with E-state index in [1.54, 1.807) is 12.1 Å². The summed E-state index contributed by atoms with van der Waals surface area (Å²) in [6, 6.07) is 5.64. The van der Waals surface area contributed by atoms with Gasteiger partial charge in [0.05, 0.1) is 10.8 Å². The van der Waals surface area contributed by atoms with Crippen LogP contribution < -0.4 is 21.8 Å². The topological polar surface area (TPSA) is 89.8 Å². The van der Waals surface area contributed by atoms with Crippen molar-refractivity contribution in [2.24, 2.45) is 0 Å². The fraction of sp³-hybridized carbons (Fsp3) is 0.385. The molecule has 1 aliphatic rings. The molecule has 1 aromatic heterocycles. The summed E-state index contributed by atoms with van der Waals surface area (Å²) in [5.41, 5.74) is 0.187. The third-order valence-corrected chi connectivity index (χ3v) is 3.52. The predicted octanol–water partition coefficient (Wildman–Crippen LogP) is 0.380. The van der Waals surface area contributed by atoms with Gasteiger partial charge >= 0.3 is 0 Å². The molecule has 0 spiro atoms. The van der Waals surface area contributed by atoms with E-state index in [1.807, 2.05) is 6.07 Å². The fourth-order valence-corrected chi connectivity index (χ4v) is 2.54. The van der Waals surface area contributed by atoms with Gasteiger partial charge in [0.25, 0.3) is 11.1 Å². The summed E-state index contributed by atoms with van der Waals surface area (Å²) >= 11 is 0. The Bertz CT molecular complexity index is 698. The van der Waals surface area contributed by atoms with Gasteiger partial charge in [0.15, 0.2) is 0 Å². The van der Waals surface area contributed by atoms with Crippen molar-refractivity contribution in [3.63, 3.8) is 0 Å². The fourth-order valence-electron chi connectivity index (χ4n) is 2.54. The van der Waals surface area contributed by atoms with Gasteiger partial charge in [0.2, 0.25) is 0 Å². The number of hydrogen-bond acceptors (Lipinski definition) is 4. The minimum atomic E-state index is -0.274. The molecule has 1 fully saturated rings. The first-order valence-electron chi connectivity index (χ1n) is 6.46. The number of fused-ring (bicyclic) bond motifs is 1. The highest BCUT2D eigenvalue weighted by molar-refractivity contribution is 5.92. The highest BCUT2D eigenvalue weighted by Crippen LogP contribution is 2.19. The molecule has 0 unspecified atom stereocenters. The Balaban J connectivity index is 2.06. The van der Waals surface area contributed by atoms with Crippen LogP contribution >= 0.6 is 0 Å². The Morgan fingerprint density at radius 1 is 1.05 bits per heavy atom. The Labute approximate surface area is 109 Å². The van der Waals surface area contributed by atoms with Crippen LogP contribution in [0.1, 0.15) is 12.8 Å². The molecule has 2 aromatic rings. The second-order valence-corrected chi connectivity index (χ2v) is 4.80. The first-order chi connectivity index (χ1) is 9.25. The molecule has 100 valence electrons. The molecule has 0 saturated carbocycles. The number of benzene rings is 1. The summed E-state index contributed by atoms with van der Waals surface area (Å²) in [7, 11) is 0. The monoisotopic (exact) mass is 260 g/mol. The van der Waals surface area contributed by atoms with Crippen molar-refractivity contribution in [1.29, 1.82) is 0 Å². The van der Waals surface area contributed by atoms with Gasteiger partial charge < -0.3 is 10.6 Å². The van der Waals surface area contributed by atoms with Crippen molar-refractivity contribution in [2.75, 3.05) is 18.4 Å². The zero-order valence-electron chi connectivity index (χ0n) is 10.5. The van der Waals surface area contributed by atoms with E-state index >= 15 is 0 Å². The van der Waals surface area contributed by atoms with Crippen molar-refractivity contribution in [3.05, 3.63) is 38.9 Å². The van der Waals surface area contributed by atoms with Gasteiger partial charge in [-0.05, 0) is 38.1 Å². The molecule has 2 heterocycles. The zero-order valence-corrected chi connectivity index (χ0v) is 10.5. The van der Waals surface area contributed by atoms with Crippen LogP contribution in [0.15, 0.2) is 27.8 Å². The van der Waals surface area contributed by atoms with Crippen LogP contribution in [-0.2, 0) is 0 Å². The molecule has 19 heavy (non-hydrogen) atoms. The molecule has 6 nitrogen and oxygen atoms in total. The maximum absolute atomic E-state index is 11.9. The van der Waals surface area contributed by atoms with Gasteiger partial charge in [0.1, 0.15) is 0 Å². The third-order valence-electron chi connectivity index (χ3n) is 3.52. The van der Waals surface area contributed by atoms with Gasteiger partial charge in [-0.25, -0.2) is 0 Å². The van der Waals surface area contributed by atoms with Crippen LogP contribution in [0.25, 0.3) is 10.8 Å².